The predicted molar refractivity (Wildman–Crippen MR) is 40.2 cm³/mol. The molecule has 1 aromatic carbocycles. The van der Waals surface area contributed by atoms with Crippen molar-refractivity contribution in [2.75, 3.05) is 5.73 Å². The minimum absolute atomic E-state index is 0.0317. The first kappa shape index (κ1) is 7.88. The Morgan fingerprint density at radius 2 is 2.18 bits per heavy atom. The molecule has 11 heavy (non-hydrogen) atoms. The summed E-state index contributed by atoms with van der Waals surface area (Å²) in [7, 11) is 0. The van der Waals surface area contributed by atoms with Crippen molar-refractivity contribution in [1.29, 1.82) is 0 Å². The van der Waals surface area contributed by atoms with E-state index in [-0.39, 0.29) is 10.6 Å². The van der Waals surface area contributed by atoms with Crippen molar-refractivity contribution in [2.24, 2.45) is 0 Å². The fourth-order valence-corrected chi connectivity index (χ4v) is 0.835. The molecule has 0 saturated heterocycles. The fourth-order valence-electron chi connectivity index (χ4n) is 0.654. The lowest BCUT2D eigenvalue weighted by atomic mass is 10.2. The zero-order valence-corrected chi connectivity index (χ0v) is 6.26. The van der Waals surface area contributed by atoms with E-state index in [1.54, 1.807) is 0 Å². The van der Waals surface area contributed by atoms with E-state index in [2.05, 4.69) is 0 Å². The molecule has 0 aliphatic carbocycles. The number of carboxylic acids is 1. The molecule has 4 heteroatoms. The molecular weight excluding hydrogens is 166 g/mol. The summed E-state index contributed by atoms with van der Waals surface area (Å²) in [5.41, 5.74) is 5.73. The molecule has 0 unspecified atom stereocenters. The Morgan fingerprint density at radius 3 is 2.64 bits per heavy atom. The van der Waals surface area contributed by atoms with Crippen molar-refractivity contribution in [3.05, 3.63) is 28.8 Å². The van der Waals surface area contributed by atoms with Gasteiger partial charge in [-0.05, 0) is 17.7 Å². The van der Waals surface area contributed by atoms with Gasteiger partial charge in [0.05, 0.1) is 16.7 Å². The van der Waals surface area contributed by atoms with Crippen LogP contribution < -0.4 is 10.8 Å². The highest BCUT2D eigenvalue weighted by Crippen LogP contribution is 2.18. The quantitative estimate of drug-likeness (QED) is 0.616. The molecule has 0 fully saturated rings. The van der Waals surface area contributed by atoms with Gasteiger partial charge in [0, 0.05) is 0 Å². The first-order chi connectivity index (χ1) is 5.11. The minimum atomic E-state index is -1.26. The number of halogens is 1. The van der Waals surface area contributed by atoms with Crippen LogP contribution in [-0.2, 0) is 0 Å². The third kappa shape index (κ3) is 1.62. The van der Waals surface area contributed by atoms with E-state index in [9.17, 15) is 9.90 Å². The molecule has 2 N–H and O–H groups in total. The lowest BCUT2D eigenvalue weighted by Crippen LogP contribution is -2.22. The van der Waals surface area contributed by atoms with E-state index < -0.39 is 5.97 Å². The Labute approximate surface area is 68.4 Å². The summed E-state index contributed by atoms with van der Waals surface area (Å²) in [5.74, 6) is -1.26. The van der Waals surface area contributed by atoms with Gasteiger partial charge in [-0.1, -0.05) is 17.7 Å². The van der Waals surface area contributed by atoms with Gasteiger partial charge >= 0.3 is 0 Å². The van der Waals surface area contributed by atoms with E-state index in [0.29, 0.717) is 5.69 Å². The maximum Gasteiger partial charge on any atom is 0.0715 e. The molecule has 0 heterocycles. The zero-order valence-electron chi connectivity index (χ0n) is 5.50. The molecule has 0 aliphatic heterocycles. The molecule has 0 aliphatic rings. The average molecular weight is 171 g/mol. The highest BCUT2D eigenvalue weighted by atomic mass is 35.5. The van der Waals surface area contributed by atoms with Gasteiger partial charge in [-0.15, -0.1) is 0 Å². The van der Waals surface area contributed by atoms with Crippen molar-refractivity contribution in [1.82, 2.24) is 0 Å². The summed E-state index contributed by atoms with van der Waals surface area (Å²) >= 11 is 5.54. The molecule has 58 valence electrons. The van der Waals surface area contributed by atoms with E-state index in [1.807, 2.05) is 0 Å². The van der Waals surface area contributed by atoms with Crippen LogP contribution in [0.2, 0.25) is 5.02 Å². The topological polar surface area (TPSA) is 66.2 Å². The summed E-state index contributed by atoms with van der Waals surface area (Å²) in [6.45, 7) is 0. The summed E-state index contributed by atoms with van der Waals surface area (Å²) in [4.78, 5) is 10.3. The van der Waals surface area contributed by atoms with Gasteiger partial charge < -0.3 is 15.6 Å². The molecule has 0 amide bonds. The standard InChI is InChI=1S/C7H6ClNO2/c8-5-3-4(7(10)11)1-2-6(5)9/h1-3H,9H2,(H,10,11)/p-1. The van der Waals surface area contributed by atoms with Gasteiger partial charge in [-0.2, -0.15) is 0 Å². The first-order valence-electron chi connectivity index (χ1n) is 2.87. The molecule has 0 aromatic heterocycles. The number of anilines is 1. The highest BCUT2D eigenvalue weighted by Gasteiger charge is 1.97. The Bertz CT molecular complexity index is 298. The van der Waals surface area contributed by atoms with Crippen LogP contribution in [0.3, 0.4) is 0 Å². The molecule has 0 atom stereocenters. The number of nitrogen functional groups attached to an aromatic ring is 1. The second-order valence-corrected chi connectivity index (χ2v) is 2.43. The van der Waals surface area contributed by atoms with Crippen LogP contribution in [0.4, 0.5) is 5.69 Å². The minimum Gasteiger partial charge on any atom is -0.545 e. The van der Waals surface area contributed by atoms with Crippen LogP contribution in [0.5, 0.6) is 0 Å². The number of nitrogens with two attached hydrogens (primary N) is 1. The monoisotopic (exact) mass is 170 g/mol. The lowest BCUT2D eigenvalue weighted by molar-refractivity contribution is -0.255. The third-order valence-electron chi connectivity index (χ3n) is 1.24. The van der Waals surface area contributed by atoms with Crippen molar-refractivity contribution >= 4 is 23.3 Å². The molecular formula is C7H5ClNO2-. The number of carbonyl (C=O) groups excluding carboxylic acids is 1. The number of aromatic carboxylic acids is 1. The van der Waals surface area contributed by atoms with E-state index in [1.165, 1.54) is 18.2 Å². The smallest absolute Gasteiger partial charge is 0.0715 e. The van der Waals surface area contributed by atoms with Crippen LogP contribution in [0.1, 0.15) is 10.4 Å². The van der Waals surface area contributed by atoms with Gasteiger partial charge in [0.1, 0.15) is 0 Å². The number of hydrogen-bond donors (Lipinski definition) is 1. The summed E-state index contributed by atoms with van der Waals surface area (Å²) < 4.78 is 0. The Balaban J connectivity index is 3.15. The number of carboxylic acid groups (broad SMARTS) is 1. The third-order valence-corrected chi connectivity index (χ3v) is 1.56. The Morgan fingerprint density at radius 1 is 1.55 bits per heavy atom. The maximum atomic E-state index is 10.3. The number of hydrogen-bond acceptors (Lipinski definition) is 3. The summed E-state index contributed by atoms with van der Waals surface area (Å²) in [6, 6.07) is 4.02. The van der Waals surface area contributed by atoms with Crippen LogP contribution >= 0.6 is 11.6 Å². The van der Waals surface area contributed by atoms with Crippen molar-refractivity contribution in [2.45, 2.75) is 0 Å². The number of rotatable bonds is 1. The van der Waals surface area contributed by atoms with Gasteiger partial charge in [0.2, 0.25) is 0 Å². The summed E-state index contributed by atoms with van der Waals surface area (Å²) in [5, 5.41) is 10.5. The van der Waals surface area contributed by atoms with Crippen molar-refractivity contribution in [3.63, 3.8) is 0 Å². The van der Waals surface area contributed by atoms with E-state index in [0.717, 1.165) is 0 Å². The van der Waals surface area contributed by atoms with Gasteiger partial charge in [0.15, 0.2) is 0 Å². The molecule has 1 aromatic rings. The molecule has 0 saturated carbocycles. The van der Waals surface area contributed by atoms with Crippen LogP contribution in [0.15, 0.2) is 18.2 Å². The SMILES string of the molecule is Nc1ccc(C(=O)[O-])cc1Cl. The van der Waals surface area contributed by atoms with Gasteiger partial charge in [0.25, 0.3) is 0 Å². The number of carbonyl (C=O) groups is 1. The highest BCUT2D eigenvalue weighted by molar-refractivity contribution is 6.33. The Hall–Kier alpha value is -1.22. The molecule has 3 nitrogen and oxygen atoms in total. The van der Waals surface area contributed by atoms with Crippen LogP contribution in [0, 0.1) is 0 Å². The second kappa shape index (κ2) is 2.80. The van der Waals surface area contributed by atoms with Crippen LogP contribution in [0.25, 0.3) is 0 Å². The van der Waals surface area contributed by atoms with Crippen molar-refractivity contribution < 1.29 is 9.90 Å². The molecule has 0 radical (unpaired) electrons. The molecule has 1 rings (SSSR count). The van der Waals surface area contributed by atoms with E-state index >= 15 is 0 Å². The summed E-state index contributed by atoms with van der Waals surface area (Å²) in [6.07, 6.45) is 0. The largest absolute Gasteiger partial charge is 0.545 e. The van der Waals surface area contributed by atoms with Gasteiger partial charge in [-0.3, -0.25) is 0 Å². The maximum absolute atomic E-state index is 10.3. The second-order valence-electron chi connectivity index (χ2n) is 2.02. The molecule has 0 spiro atoms. The van der Waals surface area contributed by atoms with Crippen LogP contribution in [-0.4, -0.2) is 5.97 Å². The normalized spacial score (nSPS) is 9.55. The van der Waals surface area contributed by atoms with E-state index in [4.69, 9.17) is 17.3 Å². The fraction of sp³-hybridized carbons (Fsp3) is 0. The Kier molecular flexibility index (Phi) is 2.01. The van der Waals surface area contributed by atoms with Gasteiger partial charge in [-0.25, -0.2) is 0 Å². The van der Waals surface area contributed by atoms with Crippen molar-refractivity contribution in [3.8, 4) is 0 Å². The lowest BCUT2D eigenvalue weighted by Gasteiger charge is -2.03. The average Bonchev–Trinajstić information content (AvgIpc) is 1.94. The zero-order chi connectivity index (χ0) is 8.43. The molecule has 0 bridgehead atoms. The number of benzene rings is 1. The first-order valence-corrected chi connectivity index (χ1v) is 3.25. The predicted octanol–water partition coefficient (Wildman–Crippen LogP) is 0.286.